The van der Waals surface area contributed by atoms with Crippen LogP contribution >= 0.6 is 0 Å². The topological polar surface area (TPSA) is 49.7 Å². The minimum absolute atomic E-state index is 0.193. The Morgan fingerprint density at radius 1 is 0.944 bits per heavy atom. The van der Waals surface area contributed by atoms with Gasteiger partial charge in [0.15, 0.2) is 0 Å². The first-order valence-corrected chi connectivity index (χ1v) is 5.73. The number of fused-ring (bicyclic) bond motifs is 1. The Bertz CT molecular complexity index is 632. The number of hydrogen-bond acceptors (Lipinski definition) is 3. The van der Waals surface area contributed by atoms with Gasteiger partial charge >= 0.3 is 0 Å². The number of oxime groups is 1. The maximum absolute atomic E-state index is 12.1. The van der Waals surface area contributed by atoms with Crippen molar-refractivity contribution in [3.05, 3.63) is 71.3 Å². The second-order valence-corrected chi connectivity index (χ2v) is 4.25. The summed E-state index contributed by atoms with van der Waals surface area (Å²) in [5.41, 5.74) is 2.69. The minimum atomic E-state index is -0.264. The van der Waals surface area contributed by atoms with Gasteiger partial charge < -0.3 is 5.21 Å². The molecule has 0 fully saturated rings. The van der Waals surface area contributed by atoms with E-state index in [1.165, 1.54) is 0 Å². The van der Waals surface area contributed by atoms with Gasteiger partial charge in [-0.3, -0.25) is 4.79 Å². The van der Waals surface area contributed by atoms with E-state index in [9.17, 15) is 4.79 Å². The summed E-state index contributed by atoms with van der Waals surface area (Å²) in [5.74, 6) is -0.457. The van der Waals surface area contributed by atoms with Crippen LogP contribution in [0.25, 0.3) is 0 Å². The summed E-state index contributed by atoms with van der Waals surface area (Å²) in [6.45, 7) is 0. The van der Waals surface area contributed by atoms with E-state index in [-0.39, 0.29) is 17.4 Å². The van der Waals surface area contributed by atoms with Crippen LogP contribution in [-0.4, -0.2) is 16.7 Å². The Kier molecular flexibility index (Phi) is 2.45. The molecule has 0 amide bonds. The van der Waals surface area contributed by atoms with E-state index in [4.69, 9.17) is 5.21 Å². The van der Waals surface area contributed by atoms with E-state index < -0.39 is 0 Å². The van der Waals surface area contributed by atoms with Gasteiger partial charge in [-0.1, -0.05) is 59.8 Å². The van der Waals surface area contributed by atoms with Crippen LogP contribution in [0.3, 0.4) is 0 Å². The lowest BCUT2D eigenvalue weighted by Crippen LogP contribution is -2.14. The summed E-state index contributed by atoms with van der Waals surface area (Å²) < 4.78 is 0. The zero-order valence-electron chi connectivity index (χ0n) is 9.58. The van der Waals surface area contributed by atoms with Gasteiger partial charge in [-0.15, -0.1) is 0 Å². The molecule has 2 aromatic rings. The van der Waals surface area contributed by atoms with Gasteiger partial charge in [0.25, 0.3) is 0 Å². The first kappa shape index (κ1) is 10.7. The molecule has 88 valence electrons. The molecule has 1 aliphatic rings. The molecule has 1 N–H and O–H groups in total. The molecule has 0 aromatic heterocycles. The second-order valence-electron chi connectivity index (χ2n) is 4.25. The average Bonchev–Trinajstić information content (AvgIpc) is 2.73. The fourth-order valence-corrected chi connectivity index (χ4v) is 2.46. The monoisotopic (exact) mass is 237 g/mol. The Morgan fingerprint density at radius 2 is 1.61 bits per heavy atom. The third-order valence-electron chi connectivity index (χ3n) is 3.26. The molecular formula is C15H11NO2. The van der Waals surface area contributed by atoms with E-state index in [2.05, 4.69) is 5.16 Å². The zero-order chi connectivity index (χ0) is 12.5. The highest BCUT2D eigenvalue weighted by atomic mass is 16.4. The Balaban J connectivity index is 2.22. The predicted octanol–water partition coefficient (Wildman–Crippen LogP) is 2.85. The van der Waals surface area contributed by atoms with Crippen molar-refractivity contribution in [1.82, 2.24) is 0 Å². The first-order valence-electron chi connectivity index (χ1n) is 5.73. The highest BCUT2D eigenvalue weighted by Crippen LogP contribution is 2.35. The van der Waals surface area contributed by atoms with Crippen molar-refractivity contribution in [3.8, 4) is 0 Å². The van der Waals surface area contributed by atoms with Crippen molar-refractivity contribution < 1.29 is 10.0 Å². The van der Waals surface area contributed by atoms with Crippen LogP contribution in [0, 0.1) is 0 Å². The van der Waals surface area contributed by atoms with Crippen molar-refractivity contribution in [1.29, 1.82) is 0 Å². The third kappa shape index (κ3) is 1.44. The number of Topliss-reactive ketones (excluding diaryl/α,β-unsaturated/α-hetero) is 1. The maximum atomic E-state index is 12.1. The molecule has 3 nitrogen and oxygen atoms in total. The molecule has 0 unspecified atom stereocenters. The van der Waals surface area contributed by atoms with Crippen LogP contribution in [0.15, 0.2) is 59.8 Å². The number of benzene rings is 2. The van der Waals surface area contributed by atoms with Crippen LogP contribution in [0.5, 0.6) is 0 Å². The van der Waals surface area contributed by atoms with Crippen molar-refractivity contribution >= 4 is 11.5 Å². The molecule has 1 aliphatic carbocycles. The smallest absolute Gasteiger partial charge is 0.211 e. The molecule has 1 atom stereocenters. The standard InChI is InChI=1S/C15H11NO2/c17-15-12-9-5-4-8-11(12)13(14(15)16-18)10-6-2-1-3-7-10/h1-9,13,18H/b16-14-/t13-/m0/s1. The van der Waals surface area contributed by atoms with E-state index in [0.29, 0.717) is 5.56 Å². The van der Waals surface area contributed by atoms with Crippen LogP contribution in [-0.2, 0) is 0 Å². The molecule has 0 aliphatic heterocycles. The van der Waals surface area contributed by atoms with Crippen molar-refractivity contribution in [2.24, 2.45) is 5.16 Å². The van der Waals surface area contributed by atoms with Gasteiger partial charge in [-0.2, -0.15) is 0 Å². The van der Waals surface area contributed by atoms with Crippen LogP contribution in [0.1, 0.15) is 27.4 Å². The molecule has 0 spiro atoms. The molecule has 0 radical (unpaired) electrons. The quantitative estimate of drug-likeness (QED) is 0.612. The maximum Gasteiger partial charge on any atom is 0.211 e. The average molecular weight is 237 g/mol. The number of hydrogen-bond donors (Lipinski definition) is 1. The SMILES string of the molecule is O=C1/C(=N\O)[C@@H](c2ccccc2)c2ccccc21. The molecule has 0 saturated heterocycles. The fourth-order valence-electron chi connectivity index (χ4n) is 2.46. The molecule has 0 heterocycles. The number of carbonyl (C=O) groups is 1. The first-order chi connectivity index (χ1) is 8.83. The number of rotatable bonds is 1. The van der Waals surface area contributed by atoms with Crippen LogP contribution < -0.4 is 0 Å². The van der Waals surface area contributed by atoms with Gasteiger partial charge in [0.05, 0.1) is 5.92 Å². The summed E-state index contributed by atoms with van der Waals surface area (Å²) in [5, 5.41) is 12.3. The molecule has 3 heteroatoms. The number of carbonyl (C=O) groups excluding carboxylic acids is 1. The molecule has 0 saturated carbocycles. The lowest BCUT2D eigenvalue weighted by Gasteiger charge is -2.10. The summed E-state index contributed by atoms with van der Waals surface area (Å²) in [7, 11) is 0. The van der Waals surface area contributed by atoms with Crippen molar-refractivity contribution in [2.45, 2.75) is 5.92 Å². The Morgan fingerprint density at radius 3 is 2.33 bits per heavy atom. The van der Waals surface area contributed by atoms with Crippen LogP contribution in [0.4, 0.5) is 0 Å². The largest absolute Gasteiger partial charge is 0.411 e. The molecule has 3 rings (SSSR count). The van der Waals surface area contributed by atoms with Gasteiger partial charge in [0.1, 0.15) is 5.71 Å². The van der Waals surface area contributed by atoms with Crippen molar-refractivity contribution in [3.63, 3.8) is 0 Å². The minimum Gasteiger partial charge on any atom is -0.411 e. The predicted molar refractivity (Wildman–Crippen MR) is 68.3 cm³/mol. The van der Waals surface area contributed by atoms with Gasteiger partial charge in [0.2, 0.25) is 5.78 Å². The van der Waals surface area contributed by atoms with Gasteiger partial charge in [-0.05, 0) is 11.1 Å². The number of ketones is 1. The molecule has 0 bridgehead atoms. The van der Waals surface area contributed by atoms with Gasteiger partial charge in [-0.25, -0.2) is 0 Å². The highest BCUT2D eigenvalue weighted by Gasteiger charge is 2.37. The van der Waals surface area contributed by atoms with Crippen LogP contribution in [0.2, 0.25) is 0 Å². The van der Waals surface area contributed by atoms with E-state index in [1.54, 1.807) is 6.07 Å². The number of nitrogens with zero attached hydrogens (tertiary/aromatic N) is 1. The van der Waals surface area contributed by atoms with E-state index in [0.717, 1.165) is 11.1 Å². The molecule has 2 aromatic carbocycles. The van der Waals surface area contributed by atoms with Crippen molar-refractivity contribution in [2.75, 3.05) is 0 Å². The molecule has 18 heavy (non-hydrogen) atoms. The van der Waals surface area contributed by atoms with Gasteiger partial charge in [0, 0.05) is 5.56 Å². The summed E-state index contributed by atoms with van der Waals surface area (Å²) in [4.78, 5) is 12.1. The zero-order valence-corrected chi connectivity index (χ0v) is 9.58. The summed E-state index contributed by atoms with van der Waals surface area (Å²) in [6.07, 6.45) is 0. The summed E-state index contributed by atoms with van der Waals surface area (Å²) >= 11 is 0. The normalized spacial score (nSPS) is 20.1. The fraction of sp³-hybridized carbons (Fsp3) is 0.0667. The lowest BCUT2D eigenvalue weighted by molar-refractivity contribution is 0.106. The van der Waals surface area contributed by atoms with E-state index in [1.807, 2.05) is 48.5 Å². The van der Waals surface area contributed by atoms with E-state index >= 15 is 0 Å². The third-order valence-corrected chi connectivity index (χ3v) is 3.26. The Labute approximate surface area is 104 Å². The lowest BCUT2D eigenvalue weighted by atomic mass is 9.92. The summed E-state index contributed by atoms with van der Waals surface area (Å²) in [6, 6.07) is 17.0. The highest BCUT2D eigenvalue weighted by molar-refractivity contribution is 6.51. The molecular weight excluding hydrogens is 226 g/mol. The Hall–Kier alpha value is -2.42. The second kappa shape index (κ2) is 4.11.